The molecule has 1 aromatic rings. The minimum Gasteiger partial charge on any atom is -0.319 e. The van der Waals surface area contributed by atoms with Crippen molar-refractivity contribution < 1.29 is 9.59 Å². The van der Waals surface area contributed by atoms with Crippen molar-refractivity contribution in [2.45, 2.75) is 46.1 Å². The van der Waals surface area contributed by atoms with Crippen molar-refractivity contribution in [2.75, 3.05) is 39.4 Å². The number of hydrogen-bond acceptors (Lipinski definition) is 4. The van der Waals surface area contributed by atoms with Gasteiger partial charge in [-0.3, -0.25) is 9.69 Å². The first-order chi connectivity index (χ1) is 13.2. The van der Waals surface area contributed by atoms with E-state index in [4.69, 9.17) is 0 Å². The van der Waals surface area contributed by atoms with Gasteiger partial charge in [0.2, 0.25) is 0 Å². The molecular formula is C22H34N4O2. The summed E-state index contributed by atoms with van der Waals surface area (Å²) < 4.78 is 0. The van der Waals surface area contributed by atoms with Crippen LogP contribution in [-0.4, -0.2) is 66.0 Å². The van der Waals surface area contributed by atoms with E-state index in [2.05, 4.69) is 42.8 Å². The average molecular weight is 387 g/mol. The zero-order valence-electron chi connectivity index (χ0n) is 17.9. The van der Waals surface area contributed by atoms with Crippen molar-refractivity contribution in [3.63, 3.8) is 0 Å². The van der Waals surface area contributed by atoms with Crippen molar-refractivity contribution in [3.8, 4) is 0 Å². The molecule has 1 aromatic carbocycles. The van der Waals surface area contributed by atoms with Crippen LogP contribution in [0.4, 0.5) is 4.79 Å². The second-order valence-electron chi connectivity index (χ2n) is 9.02. The Balaban J connectivity index is 1.65. The van der Waals surface area contributed by atoms with E-state index >= 15 is 0 Å². The number of amides is 3. The zero-order valence-corrected chi connectivity index (χ0v) is 17.9. The smallest absolute Gasteiger partial charge is 0.319 e. The molecule has 0 saturated carbocycles. The number of nitrogens with zero attached hydrogens (tertiary/aromatic N) is 3. The summed E-state index contributed by atoms with van der Waals surface area (Å²) in [6.45, 7) is 15.7. The second-order valence-corrected chi connectivity index (χ2v) is 9.02. The molecule has 2 heterocycles. The van der Waals surface area contributed by atoms with Crippen LogP contribution >= 0.6 is 0 Å². The highest BCUT2D eigenvalue weighted by molar-refractivity contribution is 6.07. The van der Waals surface area contributed by atoms with E-state index in [1.54, 1.807) is 6.92 Å². The Hall–Kier alpha value is -1.92. The summed E-state index contributed by atoms with van der Waals surface area (Å²) in [6, 6.07) is 7.71. The molecule has 2 saturated heterocycles. The molecule has 0 radical (unpaired) electrons. The minimum absolute atomic E-state index is 0.167. The zero-order chi connectivity index (χ0) is 20.5. The Morgan fingerprint density at radius 2 is 1.54 bits per heavy atom. The molecule has 0 bridgehead atoms. The summed E-state index contributed by atoms with van der Waals surface area (Å²) in [5.41, 5.74) is 1.06. The molecule has 6 nitrogen and oxygen atoms in total. The van der Waals surface area contributed by atoms with Crippen LogP contribution in [0.15, 0.2) is 24.3 Å². The standard InChI is InChI=1S/C22H34N4O2/c1-16(2)14-24-10-12-25(13-11-24)15-26-20(27)22(5,23-21(26)28)19-8-6-18(7-9-19)17(3)4/h6-9,16-17H,10-15H2,1-5H3,(H,23,28). The normalized spacial score (nSPS) is 24.5. The monoisotopic (exact) mass is 386 g/mol. The highest BCUT2D eigenvalue weighted by Gasteiger charge is 2.49. The molecule has 0 aliphatic carbocycles. The number of piperazine rings is 1. The molecule has 6 heteroatoms. The van der Waals surface area contributed by atoms with Gasteiger partial charge in [-0.1, -0.05) is 52.0 Å². The Kier molecular flexibility index (Phi) is 6.10. The quantitative estimate of drug-likeness (QED) is 0.764. The predicted octanol–water partition coefficient (Wildman–Crippen LogP) is 2.81. The van der Waals surface area contributed by atoms with Crippen LogP contribution in [-0.2, 0) is 10.3 Å². The number of carbonyl (C=O) groups excluding carboxylic acids is 2. The molecule has 0 spiro atoms. The van der Waals surface area contributed by atoms with Gasteiger partial charge in [0.05, 0.1) is 6.67 Å². The number of urea groups is 1. The minimum atomic E-state index is -0.994. The van der Waals surface area contributed by atoms with Gasteiger partial charge in [0.1, 0.15) is 5.54 Å². The maximum absolute atomic E-state index is 13.1. The predicted molar refractivity (Wildman–Crippen MR) is 111 cm³/mol. The number of benzene rings is 1. The molecule has 1 unspecified atom stereocenters. The van der Waals surface area contributed by atoms with Crippen molar-refractivity contribution in [2.24, 2.45) is 5.92 Å². The first-order valence-electron chi connectivity index (χ1n) is 10.4. The van der Waals surface area contributed by atoms with Crippen molar-refractivity contribution in [3.05, 3.63) is 35.4 Å². The van der Waals surface area contributed by atoms with E-state index in [-0.39, 0.29) is 11.9 Å². The van der Waals surface area contributed by atoms with Gasteiger partial charge in [0.25, 0.3) is 5.91 Å². The third-order valence-electron chi connectivity index (χ3n) is 5.86. The van der Waals surface area contributed by atoms with E-state index in [1.165, 1.54) is 10.5 Å². The lowest BCUT2D eigenvalue weighted by molar-refractivity contribution is -0.132. The molecule has 2 aliphatic heterocycles. The Morgan fingerprint density at radius 3 is 2.07 bits per heavy atom. The van der Waals surface area contributed by atoms with Crippen molar-refractivity contribution in [1.82, 2.24) is 20.0 Å². The van der Waals surface area contributed by atoms with Gasteiger partial charge >= 0.3 is 6.03 Å². The lowest BCUT2D eigenvalue weighted by atomic mass is 9.90. The second kappa shape index (κ2) is 8.21. The van der Waals surface area contributed by atoms with Crippen LogP contribution in [0, 0.1) is 5.92 Å². The lowest BCUT2D eigenvalue weighted by Gasteiger charge is -2.36. The number of rotatable bonds is 6. The van der Waals surface area contributed by atoms with Gasteiger partial charge in [0.15, 0.2) is 0 Å². The van der Waals surface area contributed by atoms with Gasteiger partial charge in [-0.15, -0.1) is 0 Å². The largest absolute Gasteiger partial charge is 0.326 e. The summed E-state index contributed by atoms with van der Waals surface area (Å²) in [7, 11) is 0. The molecule has 3 rings (SSSR count). The Labute approximate surface area is 168 Å². The molecule has 0 aromatic heterocycles. The van der Waals surface area contributed by atoms with Crippen LogP contribution < -0.4 is 5.32 Å². The van der Waals surface area contributed by atoms with Crippen molar-refractivity contribution >= 4 is 11.9 Å². The molecule has 1 N–H and O–H groups in total. The molecule has 3 amide bonds. The number of hydrogen-bond donors (Lipinski definition) is 1. The maximum Gasteiger partial charge on any atom is 0.326 e. The summed E-state index contributed by atoms with van der Waals surface area (Å²) in [4.78, 5) is 31.8. The van der Waals surface area contributed by atoms with Crippen LogP contribution in [0.3, 0.4) is 0 Å². The van der Waals surface area contributed by atoms with Crippen LogP contribution in [0.5, 0.6) is 0 Å². The SMILES string of the molecule is CC(C)CN1CCN(CN2C(=O)NC(C)(c3ccc(C(C)C)cc3)C2=O)CC1. The Morgan fingerprint density at radius 1 is 0.964 bits per heavy atom. The van der Waals surface area contributed by atoms with Crippen LogP contribution in [0.1, 0.15) is 51.7 Å². The highest BCUT2D eigenvalue weighted by atomic mass is 16.2. The first-order valence-corrected chi connectivity index (χ1v) is 10.4. The molecule has 1 atom stereocenters. The van der Waals surface area contributed by atoms with Gasteiger partial charge < -0.3 is 10.2 Å². The van der Waals surface area contributed by atoms with Crippen molar-refractivity contribution in [1.29, 1.82) is 0 Å². The van der Waals surface area contributed by atoms with Crippen LogP contribution in [0.2, 0.25) is 0 Å². The van der Waals surface area contributed by atoms with Crippen LogP contribution in [0.25, 0.3) is 0 Å². The average Bonchev–Trinajstić information content (AvgIpc) is 2.87. The highest BCUT2D eigenvalue weighted by Crippen LogP contribution is 2.30. The number of nitrogens with one attached hydrogen (secondary N) is 1. The number of imide groups is 1. The first kappa shape index (κ1) is 20.8. The Bertz CT molecular complexity index is 708. The van der Waals surface area contributed by atoms with Gasteiger partial charge in [-0.05, 0) is 29.9 Å². The molecule has 28 heavy (non-hydrogen) atoms. The van der Waals surface area contributed by atoms with E-state index in [9.17, 15) is 9.59 Å². The molecule has 154 valence electrons. The van der Waals surface area contributed by atoms with E-state index in [0.717, 1.165) is 38.3 Å². The molecule has 2 fully saturated rings. The fourth-order valence-corrected chi connectivity index (χ4v) is 4.05. The third kappa shape index (κ3) is 4.23. The fraction of sp³-hybridized carbons (Fsp3) is 0.636. The van der Waals surface area contributed by atoms with Gasteiger partial charge in [-0.2, -0.15) is 0 Å². The number of carbonyl (C=O) groups is 2. The summed E-state index contributed by atoms with van der Waals surface area (Å²) in [6.07, 6.45) is 0. The fourth-order valence-electron chi connectivity index (χ4n) is 4.05. The van der Waals surface area contributed by atoms with Gasteiger partial charge in [-0.25, -0.2) is 9.69 Å². The molecule has 2 aliphatic rings. The van der Waals surface area contributed by atoms with E-state index < -0.39 is 5.54 Å². The van der Waals surface area contributed by atoms with Gasteiger partial charge in [0, 0.05) is 32.7 Å². The third-order valence-corrected chi connectivity index (χ3v) is 5.86. The molecular weight excluding hydrogens is 352 g/mol. The van der Waals surface area contributed by atoms with E-state index in [0.29, 0.717) is 18.5 Å². The lowest BCUT2D eigenvalue weighted by Crippen LogP contribution is -2.52. The summed E-state index contributed by atoms with van der Waals surface area (Å²) in [5, 5.41) is 2.92. The maximum atomic E-state index is 13.1. The van der Waals surface area contributed by atoms with E-state index in [1.807, 2.05) is 24.3 Å². The summed E-state index contributed by atoms with van der Waals surface area (Å²) in [5.74, 6) is 0.918. The topological polar surface area (TPSA) is 55.9 Å². The summed E-state index contributed by atoms with van der Waals surface area (Å²) >= 11 is 0.